The second-order valence-electron chi connectivity index (χ2n) is 7.68. The lowest BCUT2D eigenvalue weighted by Gasteiger charge is -2.43. The number of morpholine rings is 1. The second-order valence-corrected chi connectivity index (χ2v) is 7.68. The van der Waals surface area contributed by atoms with Crippen molar-refractivity contribution in [2.24, 2.45) is 0 Å². The number of rotatable bonds is 5. The lowest BCUT2D eigenvalue weighted by Crippen LogP contribution is -2.56. The molecule has 0 spiro atoms. The van der Waals surface area contributed by atoms with Crippen LogP contribution in [0.3, 0.4) is 0 Å². The summed E-state index contributed by atoms with van der Waals surface area (Å²) in [7, 11) is 1.41. The van der Waals surface area contributed by atoms with Gasteiger partial charge in [-0.25, -0.2) is 0 Å². The molecule has 2 aliphatic rings. The molecule has 0 saturated carbocycles. The van der Waals surface area contributed by atoms with Crippen LogP contribution in [0.1, 0.15) is 12.0 Å². The molecule has 0 aliphatic carbocycles. The number of likely N-dealkylation sites (tertiary alicyclic amines) is 1. The van der Waals surface area contributed by atoms with Crippen molar-refractivity contribution < 1.29 is 19.4 Å². The zero-order valence-corrected chi connectivity index (χ0v) is 16.4. The molecule has 152 valence electrons. The number of piperidine rings is 1. The molecule has 3 heterocycles. The Hall–Kier alpha value is -1.93. The summed E-state index contributed by atoms with van der Waals surface area (Å²) in [6.07, 6.45) is 2.65. The smallest absolute Gasteiger partial charge is 0.325 e. The van der Waals surface area contributed by atoms with Gasteiger partial charge in [0, 0.05) is 55.9 Å². The molecule has 4 rings (SSSR count). The number of aromatic nitrogens is 1. The Morgan fingerprint density at radius 3 is 2.79 bits per heavy atom. The number of hydrogen-bond acceptors (Lipinski definition) is 6. The maximum absolute atomic E-state index is 11.8. The molecule has 0 amide bonds. The highest BCUT2D eigenvalue weighted by molar-refractivity contribution is 5.85. The number of methoxy groups -OCH3 is 1. The third-order valence-electron chi connectivity index (χ3n) is 5.94. The lowest BCUT2D eigenvalue weighted by atomic mass is 9.99. The standard InChI is InChI=1S/C21H29N3O4/c1-27-21(26)15-24-13-16(17-4-2-3-5-18(17)24)12-22-7-6-19(20(25)14-22)23-8-10-28-11-9-23/h2-5,13,19-20,25H,6-12,14-15H2,1H3/t19-,20-/m1/s1. The maximum atomic E-state index is 11.8. The first kappa shape index (κ1) is 19.4. The fourth-order valence-electron chi connectivity index (χ4n) is 4.49. The first-order valence-electron chi connectivity index (χ1n) is 10.0. The molecule has 7 nitrogen and oxygen atoms in total. The summed E-state index contributed by atoms with van der Waals surface area (Å²) in [5.41, 5.74) is 2.21. The van der Waals surface area contributed by atoms with E-state index in [0.29, 0.717) is 6.54 Å². The molecule has 7 heteroatoms. The van der Waals surface area contributed by atoms with Gasteiger partial charge in [-0.05, 0) is 18.1 Å². The molecule has 2 aromatic rings. The SMILES string of the molecule is COC(=O)Cn1cc(CN2CC[C@@H](N3CCOCC3)[C@H](O)C2)c2ccccc21. The zero-order valence-electron chi connectivity index (χ0n) is 16.4. The highest BCUT2D eigenvalue weighted by Crippen LogP contribution is 2.25. The van der Waals surface area contributed by atoms with E-state index in [1.165, 1.54) is 12.7 Å². The van der Waals surface area contributed by atoms with Gasteiger partial charge in [-0.3, -0.25) is 14.6 Å². The molecule has 2 atom stereocenters. The number of carbonyl (C=O) groups is 1. The van der Waals surface area contributed by atoms with Gasteiger partial charge in [-0.2, -0.15) is 0 Å². The number of ether oxygens (including phenoxy) is 2. The third kappa shape index (κ3) is 4.07. The predicted molar refractivity (Wildman–Crippen MR) is 106 cm³/mol. The highest BCUT2D eigenvalue weighted by atomic mass is 16.5. The van der Waals surface area contributed by atoms with Gasteiger partial charge in [0.2, 0.25) is 0 Å². The maximum Gasteiger partial charge on any atom is 0.325 e. The molecule has 0 bridgehead atoms. The minimum atomic E-state index is -0.352. The van der Waals surface area contributed by atoms with Crippen molar-refractivity contribution in [1.82, 2.24) is 14.4 Å². The van der Waals surface area contributed by atoms with E-state index in [4.69, 9.17) is 9.47 Å². The van der Waals surface area contributed by atoms with Crippen molar-refractivity contribution in [3.63, 3.8) is 0 Å². The van der Waals surface area contributed by atoms with E-state index >= 15 is 0 Å². The van der Waals surface area contributed by atoms with E-state index in [-0.39, 0.29) is 24.7 Å². The Kier molecular flexibility index (Phi) is 5.96. The molecule has 0 radical (unpaired) electrons. The van der Waals surface area contributed by atoms with Crippen molar-refractivity contribution in [2.45, 2.75) is 31.7 Å². The predicted octanol–water partition coefficient (Wildman–Crippen LogP) is 1.08. The molecule has 2 aliphatic heterocycles. The van der Waals surface area contributed by atoms with Gasteiger partial charge in [0.15, 0.2) is 0 Å². The van der Waals surface area contributed by atoms with Crippen LogP contribution >= 0.6 is 0 Å². The number of carbonyl (C=O) groups excluding carboxylic acids is 1. The van der Waals surface area contributed by atoms with Gasteiger partial charge < -0.3 is 19.1 Å². The molecule has 2 fully saturated rings. The number of hydrogen-bond donors (Lipinski definition) is 1. The number of β-amino-alcohol motifs (C(OH)–C–C–N with tert-alkyl or cyclic N) is 1. The minimum Gasteiger partial charge on any atom is -0.468 e. The summed E-state index contributed by atoms with van der Waals surface area (Å²) in [4.78, 5) is 16.4. The normalized spacial score (nSPS) is 24.5. The van der Waals surface area contributed by atoms with Crippen LogP contribution in [0.25, 0.3) is 10.9 Å². The van der Waals surface area contributed by atoms with E-state index in [1.807, 2.05) is 29.0 Å². The summed E-state index contributed by atoms with van der Waals surface area (Å²) in [5, 5.41) is 11.9. The first-order chi connectivity index (χ1) is 13.7. The van der Waals surface area contributed by atoms with Gasteiger partial charge in [-0.15, -0.1) is 0 Å². The van der Waals surface area contributed by atoms with Crippen LogP contribution in [0.4, 0.5) is 0 Å². The van der Waals surface area contributed by atoms with Crippen LogP contribution in [0.5, 0.6) is 0 Å². The second kappa shape index (κ2) is 8.61. The number of benzene rings is 1. The van der Waals surface area contributed by atoms with Crippen LogP contribution in [-0.2, 0) is 27.4 Å². The summed E-state index contributed by atoms with van der Waals surface area (Å²) < 4.78 is 12.2. The van der Waals surface area contributed by atoms with Crippen LogP contribution in [0, 0.1) is 0 Å². The number of esters is 1. The molecular formula is C21H29N3O4. The highest BCUT2D eigenvalue weighted by Gasteiger charge is 2.33. The zero-order chi connectivity index (χ0) is 19.5. The van der Waals surface area contributed by atoms with Crippen LogP contribution in [0.15, 0.2) is 30.5 Å². The van der Waals surface area contributed by atoms with Crippen molar-refractivity contribution in [1.29, 1.82) is 0 Å². The lowest BCUT2D eigenvalue weighted by molar-refractivity contribution is -0.141. The largest absolute Gasteiger partial charge is 0.468 e. The van der Waals surface area contributed by atoms with Crippen molar-refractivity contribution in [3.05, 3.63) is 36.0 Å². The van der Waals surface area contributed by atoms with Gasteiger partial charge in [0.1, 0.15) is 6.54 Å². The Balaban J connectivity index is 1.46. The van der Waals surface area contributed by atoms with E-state index < -0.39 is 0 Å². The fourth-order valence-corrected chi connectivity index (χ4v) is 4.49. The van der Waals surface area contributed by atoms with Crippen LogP contribution in [0.2, 0.25) is 0 Å². The molecule has 0 unspecified atom stereocenters. The summed E-state index contributed by atoms with van der Waals surface area (Å²) in [6.45, 7) is 5.92. The monoisotopic (exact) mass is 387 g/mol. The number of aliphatic hydroxyl groups is 1. The average molecular weight is 387 g/mol. The summed E-state index contributed by atoms with van der Waals surface area (Å²) in [6, 6.07) is 8.35. The van der Waals surface area contributed by atoms with Crippen LogP contribution in [-0.4, -0.2) is 84.1 Å². The number of para-hydroxylation sites is 1. The van der Waals surface area contributed by atoms with E-state index in [9.17, 15) is 9.90 Å². The first-order valence-corrected chi connectivity index (χ1v) is 10.0. The minimum absolute atomic E-state index is 0.207. The van der Waals surface area contributed by atoms with E-state index in [0.717, 1.165) is 56.7 Å². The number of nitrogens with zero attached hydrogens (tertiary/aromatic N) is 3. The Morgan fingerprint density at radius 1 is 1.25 bits per heavy atom. The topological polar surface area (TPSA) is 67.2 Å². The number of fused-ring (bicyclic) bond motifs is 1. The molecule has 1 aromatic carbocycles. The quantitative estimate of drug-likeness (QED) is 0.775. The average Bonchev–Trinajstić information content (AvgIpc) is 3.06. The molecule has 1 aromatic heterocycles. The van der Waals surface area contributed by atoms with Gasteiger partial charge in [0.25, 0.3) is 0 Å². The van der Waals surface area contributed by atoms with E-state index in [1.54, 1.807) is 0 Å². The third-order valence-corrected chi connectivity index (χ3v) is 5.94. The van der Waals surface area contributed by atoms with Crippen molar-refractivity contribution >= 4 is 16.9 Å². The van der Waals surface area contributed by atoms with Gasteiger partial charge in [-0.1, -0.05) is 18.2 Å². The molecule has 2 saturated heterocycles. The fraction of sp³-hybridized carbons (Fsp3) is 0.571. The van der Waals surface area contributed by atoms with Gasteiger partial charge in [0.05, 0.1) is 26.4 Å². The molecule has 1 N–H and O–H groups in total. The number of aliphatic hydroxyl groups excluding tert-OH is 1. The molecule has 28 heavy (non-hydrogen) atoms. The van der Waals surface area contributed by atoms with Crippen LogP contribution < -0.4 is 0 Å². The Morgan fingerprint density at radius 2 is 2.04 bits per heavy atom. The summed E-state index contributed by atoms with van der Waals surface area (Å²) >= 11 is 0. The Bertz CT molecular complexity index is 815. The van der Waals surface area contributed by atoms with Gasteiger partial charge >= 0.3 is 5.97 Å². The Labute approximate surface area is 165 Å². The summed E-state index contributed by atoms with van der Waals surface area (Å²) in [5.74, 6) is -0.256. The molecular weight excluding hydrogens is 358 g/mol. The van der Waals surface area contributed by atoms with Crippen molar-refractivity contribution in [2.75, 3.05) is 46.5 Å². The van der Waals surface area contributed by atoms with E-state index in [2.05, 4.69) is 15.9 Å². The van der Waals surface area contributed by atoms with Crippen molar-refractivity contribution in [3.8, 4) is 0 Å².